The highest BCUT2D eigenvalue weighted by molar-refractivity contribution is 6.39. The molecule has 0 aromatic heterocycles. The van der Waals surface area contributed by atoms with E-state index >= 15 is 0 Å². The number of rotatable bonds is 7. The smallest absolute Gasteiger partial charge is 0.335 e. The fourth-order valence-electron chi connectivity index (χ4n) is 3.62. The number of carbonyl (C=O) groups is 3. The highest BCUT2D eigenvalue weighted by atomic mass is 35.5. The van der Waals surface area contributed by atoms with Crippen LogP contribution in [0.4, 0.5) is 14.9 Å². The molecule has 1 fully saturated rings. The van der Waals surface area contributed by atoms with Crippen LogP contribution < -0.4 is 19.7 Å². The molecule has 9 heteroatoms. The number of barbiturate groups is 1. The first-order valence-corrected chi connectivity index (χ1v) is 11.5. The molecule has 0 saturated carbocycles. The average Bonchev–Trinajstić information content (AvgIpc) is 2.85. The molecule has 0 atom stereocenters. The Morgan fingerprint density at radius 2 is 1.75 bits per heavy atom. The van der Waals surface area contributed by atoms with Gasteiger partial charge in [-0.1, -0.05) is 35.9 Å². The van der Waals surface area contributed by atoms with E-state index in [0.29, 0.717) is 34.3 Å². The van der Waals surface area contributed by atoms with E-state index in [1.54, 1.807) is 55.5 Å². The Morgan fingerprint density at radius 1 is 1.00 bits per heavy atom. The van der Waals surface area contributed by atoms with E-state index in [1.807, 2.05) is 6.92 Å². The number of anilines is 1. The molecule has 1 aliphatic rings. The van der Waals surface area contributed by atoms with Crippen LogP contribution in [0.1, 0.15) is 23.6 Å². The fraction of sp³-hybridized carbons (Fsp3) is 0.148. The molecule has 0 aliphatic carbocycles. The summed E-state index contributed by atoms with van der Waals surface area (Å²) in [5.41, 5.74) is 1.84. The molecule has 3 aromatic rings. The van der Waals surface area contributed by atoms with Gasteiger partial charge in [0.1, 0.15) is 18.0 Å². The predicted molar refractivity (Wildman–Crippen MR) is 134 cm³/mol. The second-order valence-electron chi connectivity index (χ2n) is 7.90. The van der Waals surface area contributed by atoms with E-state index in [9.17, 15) is 18.8 Å². The minimum Gasteiger partial charge on any atom is -0.490 e. The van der Waals surface area contributed by atoms with Crippen molar-refractivity contribution in [1.29, 1.82) is 0 Å². The highest BCUT2D eigenvalue weighted by Gasteiger charge is 2.37. The Kier molecular flexibility index (Phi) is 7.36. The summed E-state index contributed by atoms with van der Waals surface area (Å²) in [7, 11) is 0. The third-order valence-electron chi connectivity index (χ3n) is 5.47. The van der Waals surface area contributed by atoms with Gasteiger partial charge in [-0.05, 0) is 73.0 Å². The van der Waals surface area contributed by atoms with E-state index in [0.717, 1.165) is 10.5 Å². The Labute approximate surface area is 212 Å². The number of imide groups is 2. The average molecular weight is 509 g/mol. The number of urea groups is 1. The molecule has 0 radical (unpaired) electrons. The van der Waals surface area contributed by atoms with Gasteiger partial charge >= 0.3 is 6.03 Å². The van der Waals surface area contributed by atoms with E-state index in [1.165, 1.54) is 18.2 Å². The van der Waals surface area contributed by atoms with Gasteiger partial charge in [-0.15, -0.1) is 0 Å². The first-order chi connectivity index (χ1) is 17.3. The predicted octanol–water partition coefficient (Wildman–Crippen LogP) is 5.43. The summed E-state index contributed by atoms with van der Waals surface area (Å²) in [5, 5.41) is 2.58. The van der Waals surface area contributed by atoms with Crippen molar-refractivity contribution >= 4 is 41.2 Å². The normalized spacial score (nSPS) is 14.7. The molecule has 1 saturated heterocycles. The molecule has 0 spiro atoms. The molecule has 7 nitrogen and oxygen atoms in total. The SMILES string of the molecule is CCOc1cc(/C=C2\C(=O)NC(=O)N(c3cccc(Cl)c3C)C2=O)ccc1OCc1ccc(F)cc1. The van der Waals surface area contributed by atoms with Crippen molar-refractivity contribution in [3.05, 3.63) is 93.8 Å². The summed E-state index contributed by atoms with van der Waals surface area (Å²) in [4.78, 5) is 39.2. The molecule has 4 amide bonds. The van der Waals surface area contributed by atoms with Crippen molar-refractivity contribution in [2.24, 2.45) is 0 Å². The molecule has 0 unspecified atom stereocenters. The lowest BCUT2D eigenvalue weighted by atomic mass is 10.1. The number of benzene rings is 3. The topological polar surface area (TPSA) is 84.9 Å². The number of nitrogens with one attached hydrogen (secondary N) is 1. The minimum absolute atomic E-state index is 0.192. The maximum absolute atomic E-state index is 13.2. The zero-order valence-electron chi connectivity index (χ0n) is 19.5. The first-order valence-electron chi connectivity index (χ1n) is 11.1. The largest absolute Gasteiger partial charge is 0.490 e. The Bertz CT molecular complexity index is 1370. The van der Waals surface area contributed by atoms with Crippen LogP contribution >= 0.6 is 11.6 Å². The van der Waals surface area contributed by atoms with Gasteiger partial charge in [-0.2, -0.15) is 0 Å². The lowest BCUT2D eigenvalue weighted by Gasteiger charge is -2.27. The van der Waals surface area contributed by atoms with Crippen molar-refractivity contribution in [1.82, 2.24) is 5.32 Å². The standard InChI is InChI=1S/C27H22ClFN2O5/c1-3-35-24-14-18(9-12-23(24)36-15-17-7-10-19(29)11-8-17)13-20-25(32)30-27(34)31(26(20)33)22-6-4-5-21(28)16(22)2/h4-14H,3,15H2,1-2H3,(H,30,32,34)/b20-13+. The van der Waals surface area contributed by atoms with Crippen LogP contribution in [0, 0.1) is 12.7 Å². The number of amides is 4. The molecule has 1 heterocycles. The van der Waals surface area contributed by atoms with Crippen molar-refractivity contribution in [2.75, 3.05) is 11.5 Å². The number of hydrogen-bond donors (Lipinski definition) is 1. The Morgan fingerprint density at radius 3 is 2.47 bits per heavy atom. The number of carbonyl (C=O) groups excluding carboxylic acids is 3. The van der Waals surface area contributed by atoms with Crippen molar-refractivity contribution < 1.29 is 28.2 Å². The summed E-state index contributed by atoms with van der Waals surface area (Å²) in [6, 6.07) is 14.9. The highest BCUT2D eigenvalue weighted by Crippen LogP contribution is 2.32. The molecule has 3 aromatic carbocycles. The van der Waals surface area contributed by atoms with Crippen LogP contribution in [0.2, 0.25) is 5.02 Å². The fourth-order valence-corrected chi connectivity index (χ4v) is 3.79. The number of nitrogens with zero attached hydrogens (tertiary/aromatic N) is 1. The van der Waals surface area contributed by atoms with Crippen molar-refractivity contribution in [3.8, 4) is 11.5 Å². The van der Waals surface area contributed by atoms with Crippen molar-refractivity contribution in [3.63, 3.8) is 0 Å². The first kappa shape index (κ1) is 24.9. The number of halogens is 2. The van der Waals surface area contributed by atoms with Gasteiger partial charge < -0.3 is 9.47 Å². The van der Waals surface area contributed by atoms with Crippen molar-refractivity contribution in [2.45, 2.75) is 20.5 Å². The number of hydrogen-bond acceptors (Lipinski definition) is 5. The summed E-state index contributed by atoms with van der Waals surface area (Å²) in [5.74, 6) is -1.08. The van der Waals surface area contributed by atoms with Crippen LogP contribution in [-0.4, -0.2) is 24.5 Å². The lowest BCUT2D eigenvalue weighted by Crippen LogP contribution is -2.54. The molecule has 0 bridgehead atoms. The van der Waals surface area contributed by atoms with Crippen LogP contribution in [0.5, 0.6) is 11.5 Å². The second kappa shape index (κ2) is 10.6. The zero-order chi connectivity index (χ0) is 25.8. The summed E-state index contributed by atoms with van der Waals surface area (Å²) >= 11 is 6.16. The molecule has 1 N–H and O–H groups in total. The van der Waals surface area contributed by atoms with Gasteiger partial charge in [0, 0.05) is 5.02 Å². The molecular weight excluding hydrogens is 487 g/mol. The third-order valence-corrected chi connectivity index (χ3v) is 5.88. The molecule has 184 valence electrons. The maximum Gasteiger partial charge on any atom is 0.335 e. The van der Waals surface area contributed by atoms with Gasteiger partial charge in [0.15, 0.2) is 11.5 Å². The minimum atomic E-state index is -0.855. The Balaban J connectivity index is 1.63. The molecular formula is C27H22ClFN2O5. The summed E-state index contributed by atoms with van der Waals surface area (Å²) in [6.07, 6.45) is 1.38. The van der Waals surface area contributed by atoms with Crippen LogP contribution in [-0.2, 0) is 16.2 Å². The van der Waals surface area contributed by atoms with Gasteiger partial charge in [0.05, 0.1) is 12.3 Å². The third kappa shape index (κ3) is 5.23. The van der Waals surface area contributed by atoms with Crippen LogP contribution in [0.25, 0.3) is 6.08 Å². The van der Waals surface area contributed by atoms with E-state index in [-0.39, 0.29) is 23.7 Å². The summed E-state index contributed by atoms with van der Waals surface area (Å²) in [6.45, 7) is 4.03. The second-order valence-corrected chi connectivity index (χ2v) is 8.30. The molecule has 1 aliphatic heterocycles. The van der Waals surface area contributed by atoms with Gasteiger partial charge in [-0.25, -0.2) is 14.1 Å². The van der Waals surface area contributed by atoms with Crippen LogP contribution in [0.3, 0.4) is 0 Å². The van der Waals surface area contributed by atoms with Gasteiger partial charge in [-0.3, -0.25) is 14.9 Å². The molecule has 4 rings (SSSR count). The maximum atomic E-state index is 13.2. The van der Waals surface area contributed by atoms with E-state index in [4.69, 9.17) is 21.1 Å². The van der Waals surface area contributed by atoms with E-state index < -0.39 is 17.8 Å². The lowest BCUT2D eigenvalue weighted by molar-refractivity contribution is -0.122. The quantitative estimate of drug-likeness (QED) is 0.340. The van der Waals surface area contributed by atoms with Gasteiger partial charge in [0.25, 0.3) is 11.8 Å². The molecule has 36 heavy (non-hydrogen) atoms. The van der Waals surface area contributed by atoms with Gasteiger partial charge in [0.2, 0.25) is 0 Å². The van der Waals surface area contributed by atoms with Crippen LogP contribution in [0.15, 0.2) is 66.2 Å². The zero-order valence-corrected chi connectivity index (χ0v) is 20.3. The van der Waals surface area contributed by atoms with E-state index in [2.05, 4.69) is 5.32 Å². The summed E-state index contributed by atoms with van der Waals surface area (Å²) < 4.78 is 24.7. The Hall–Kier alpha value is -4.17. The number of ether oxygens (including phenoxy) is 2. The monoisotopic (exact) mass is 508 g/mol.